The number of benzene rings is 1. The van der Waals surface area contributed by atoms with Gasteiger partial charge in [-0.1, -0.05) is 19.8 Å². The number of phenolic OH excluding ortho intramolecular Hbond substituents is 1. The Balaban J connectivity index is 2.68. The first kappa shape index (κ1) is 14.4. The van der Waals surface area contributed by atoms with Crippen molar-refractivity contribution in [1.29, 1.82) is 0 Å². The first-order valence-electron chi connectivity index (χ1n) is 6.22. The van der Waals surface area contributed by atoms with E-state index in [9.17, 15) is 9.90 Å². The van der Waals surface area contributed by atoms with Gasteiger partial charge >= 0.3 is 0 Å². The fourth-order valence-corrected chi connectivity index (χ4v) is 1.74. The first-order valence-corrected chi connectivity index (χ1v) is 6.22. The van der Waals surface area contributed by atoms with Gasteiger partial charge in [-0.05, 0) is 24.6 Å². The van der Waals surface area contributed by atoms with Crippen molar-refractivity contribution in [2.24, 2.45) is 0 Å². The lowest BCUT2D eigenvalue weighted by molar-refractivity contribution is 0.0792. The van der Waals surface area contributed by atoms with Crippen LogP contribution in [0.25, 0.3) is 0 Å². The smallest absolute Gasteiger partial charge is 0.253 e. The summed E-state index contributed by atoms with van der Waals surface area (Å²) in [5, 5.41) is 9.64. The van der Waals surface area contributed by atoms with E-state index in [1.807, 2.05) is 0 Å². The second-order valence-corrected chi connectivity index (χ2v) is 4.32. The highest BCUT2D eigenvalue weighted by atomic mass is 16.5. The SMILES string of the molecule is CCCCCN(C)C(=O)c1ccc(OC)c(O)c1. The van der Waals surface area contributed by atoms with E-state index in [0.29, 0.717) is 11.3 Å². The number of carbonyl (C=O) groups excluding carboxylic acids is 1. The Kier molecular flexibility index (Phi) is 5.49. The highest BCUT2D eigenvalue weighted by Gasteiger charge is 2.13. The van der Waals surface area contributed by atoms with Crippen molar-refractivity contribution in [1.82, 2.24) is 4.90 Å². The normalized spacial score (nSPS) is 10.2. The molecule has 0 unspecified atom stereocenters. The Hall–Kier alpha value is -1.71. The van der Waals surface area contributed by atoms with Gasteiger partial charge in [-0.2, -0.15) is 0 Å². The Bertz CT molecular complexity index is 404. The summed E-state index contributed by atoms with van der Waals surface area (Å²) in [5.41, 5.74) is 0.479. The molecule has 1 rings (SSSR count). The average Bonchev–Trinajstić information content (AvgIpc) is 2.38. The van der Waals surface area contributed by atoms with Crippen molar-refractivity contribution in [2.75, 3.05) is 20.7 Å². The zero-order valence-electron chi connectivity index (χ0n) is 11.3. The van der Waals surface area contributed by atoms with Crippen LogP contribution in [0.1, 0.15) is 36.5 Å². The molecule has 4 nitrogen and oxygen atoms in total. The van der Waals surface area contributed by atoms with Crippen LogP contribution in [0.15, 0.2) is 18.2 Å². The highest BCUT2D eigenvalue weighted by Crippen LogP contribution is 2.26. The number of carbonyl (C=O) groups is 1. The van der Waals surface area contributed by atoms with E-state index < -0.39 is 0 Å². The zero-order valence-corrected chi connectivity index (χ0v) is 11.3. The quantitative estimate of drug-likeness (QED) is 0.791. The van der Waals surface area contributed by atoms with Crippen LogP contribution >= 0.6 is 0 Å². The maximum atomic E-state index is 12.1. The number of rotatable bonds is 6. The van der Waals surface area contributed by atoms with Crippen LogP contribution in [0.2, 0.25) is 0 Å². The van der Waals surface area contributed by atoms with Crippen LogP contribution in [0.3, 0.4) is 0 Å². The van der Waals surface area contributed by atoms with Crippen LogP contribution < -0.4 is 4.74 Å². The monoisotopic (exact) mass is 251 g/mol. The summed E-state index contributed by atoms with van der Waals surface area (Å²) in [6.07, 6.45) is 3.25. The third-order valence-electron chi connectivity index (χ3n) is 2.87. The lowest BCUT2D eigenvalue weighted by Crippen LogP contribution is -2.27. The molecule has 0 aliphatic carbocycles. The van der Waals surface area contributed by atoms with Gasteiger partial charge < -0.3 is 14.7 Å². The molecule has 0 bridgehead atoms. The third kappa shape index (κ3) is 3.65. The fourth-order valence-electron chi connectivity index (χ4n) is 1.74. The zero-order chi connectivity index (χ0) is 13.5. The minimum absolute atomic E-state index is 0.00897. The Morgan fingerprint density at radius 2 is 2.11 bits per heavy atom. The topological polar surface area (TPSA) is 49.8 Å². The maximum absolute atomic E-state index is 12.1. The van der Waals surface area contributed by atoms with E-state index in [-0.39, 0.29) is 11.7 Å². The van der Waals surface area contributed by atoms with Gasteiger partial charge in [0, 0.05) is 19.2 Å². The molecule has 0 aliphatic heterocycles. The standard InChI is InChI=1S/C14H21NO3/c1-4-5-6-9-15(2)14(17)11-7-8-13(18-3)12(16)10-11/h7-8,10,16H,4-6,9H2,1-3H3. The summed E-state index contributed by atoms with van der Waals surface area (Å²) in [7, 11) is 3.26. The van der Waals surface area contributed by atoms with Crippen molar-refractivity contribution in [3.8, 4) is 11.5 Å². The number of hydrogen-bond donors (Lipinski definition) is 1. The Labute approximate surface area is 108 Å². The molecule has 1 N–H and O–H groups in total. The van der Waals surface area contributed by atoms with Crippen LogP contribution in [-0.4, -0.2) is 36.6 Å². The first-order chi connectivity index (χ1) is 8.60. The summed E-state index contributed by atoms with van der Waals surface area (Å²) in [6.45, 7) is 2.86. The average molecular weight is 251 g/mol. The van der Waals surface area contributed by atoms with Gasteiger partial charge in [0.2, 0.25) is 0 Å². The van der Waals surface area contributed by atoms with Gasteiger partial charge in [0.25, 0.3) is 5.91 Å². The molecule has 0 atom stereocenters. The van der Waals surface area contributed by atoms with Gasteiger partial charge in [-0.3, -0.25) is 4.79 Å². The van der Waals surface area contributed by atoms with Crippen molar-refractivity contribution in [3.05, 3.63) is 23.8 Å². The van der Waals surface area contributed by atoms with Crippen molar-refractivity contribution >= 4 is 5.91 Å². The van der Waals surface area contributed by atoms with E-state index in [0.717, 1.165) is 25.8 Å². The number of methoxy groups -OCH3 is 1. The number of aromatic hydroxyl groups is 1. The number of amides is 1. The van der Waals surface area contributed by atoms with Gasteiger partial charge in [-0.25, -0.2) is 0 Å². The fraction of sp³-hybridized carbons (Fsp3) is 0.500. The van der Waals surface area contributed by atoms with Crippen LogP contribution in [0.4, 0.5) is 0 Å². The summed E-state index contributed by atoms with van der Waals surface area (Å²) >= 11 is 0. The number of hydrogen-bond acceptors (Lipinski definition) is 3. The number of phenols is 1. The van der Waals surface area contributed by atoms with Crippen LogP contribution in [0, 0.1) is 0 Å². The molecule has 0 fully saturated rings. The van der Waals surface area contributed by atoms with Gasteiger partial charge in [0.15, 0.2) is 11.5 Å². The largest absolute Gasteiger partial charge is 0.504 e. The van der Waals surface area contributed by atoms with E-state index in [1.165, 1.54) is 13.2 Å². The number of ether oxygens (including phenoxy) is 1. The molecule has 0 saturated heterocycles. The molecular weight excluding hydrogens is 230 g/mol. The molecule has 0 saturated carbocycles. The van der Waals surface area contributed by atoms with Gasteiger partial charge in [-0.15, -0.1) is 0 Å². The second kappa shape index (κ2) is 6.89. The predicted molar refractivity (Wildman–Crippen MR) is 71.1 cm³/mol. The van der Waals surface area contributed by atoms with Crippen molar-refractivity contribution in [2.45, 2.75) is 26.2 Å². The molecule has 0 spiro atoms. The summed E-state index contributed by atoms with van der Waals surface area (Å²) in [6, 6.07) is 4.71. The molecule has 0 radical (unpaired) electrons. The predicted octanol–water partition coefficient (Wildman–Crippen LogP) is 2.66. The second-order valence-electron chi connectivity index (χ2n) is 4.32. The van der Waals surface area contributed by atoms with E-state index in [1.54, 1.807) is 24.1 Å². The molecule has 0 aliphatic rings. The highest BCUT2D eigenvalue weighted by molar-refractivity contribution is 5.94. The molecule has 4 heteroatoms. The lowest BCUT2D eigenvalue weighted by atomic mass is 10.1. The third-order valence-corrected chi connectivity index (χ3v) is 2.87. The molecule has 1 aromatic carbocycles. The van der Waals surface area contributed by atoms with Crippen LogP contribution in [0.5, 0.6) is 11.5 Å². The maximum Gasteiger partial charge on any atom is 0.253 e. The molecule has 1 aromatic rings. The minimum atomic E-state index is -0.0796. The van der Waals surface area contributed by atoms with Gasteiger partial charge in [0.1, 0.15) is 0 Å². The number of nitrogens with zero attached hydrogens (tertiary/aromatic N) is 1. The Morgan fingerprint density at radius 1 is 1.39 bits per heavy atom. The summed E-state index contributed by atoms with van der Waals surface area (Å²) < 4.78 is 4.94. The minimum Gasteiger partial charge on any atom is -0.504 e. The van der Waals surface area contributed by atoms with Crippen LogP contribution in [-0.2, 0) is 0 Å². The Morgan fingerprint density at radius 3 is 2.67 bits per heavy atom. The van der Waals surface area contributed by atoms with Crippen molar-refractivity contribution in [3.63, 3.8) is 0 Å². The summed E-state index contributed by atoms with van der Waals surface area (Å²) in [5.74, 6) is 0.287. The van der Waals surface area contributed by atoms with E-state index in [4.69, 9.17) is 4.74 Å². The lowest BCUT2D eigenvalue weighted by Gasteiger charge is -2.17. The van der Waals surface area contributed by atoms with E-state index in [2.05, 4.69) is 6.92 Å². The van der Waals surface area contributed by atoms with E-state index >= 15 is 0 Å². The molecular formula is C14H21NO3. The van der Waals surface area contributed by atoms with Crippen molar-refractivity contribution < 1.29 is 14.6 Å². The molecule has 18 heavy (non-hydrogen) atoms. The van der Waals surface area contributed by atoms with Gasteiger partial charge in [0.05, 0.1) is 7.11 Å². The molecule has 100 valence electrons. The number of unbranched alkanes of at least 4 members (excludes halogenated alkanes) is 2. The molecule has 0 heterocycles. The molecule has 1 amide bonds. The summed E-state index contributed by atoms with van der Waals surface area (Å²) in [4.78, 5) is 13.7. The molecule has 0 aromatic heterocycles.